The molecule has 1 heterocycles. The first-order valence-electron chi connectivity index (χ1n) is 6.84. The monoisotopic (exact) mass is 336 g/mol. The van der Waals surface area contributed by atoms with Crippen molar-refractivity contribution >= 4 is 29.0 Å². The summed E-state index contributed by atoms with van der Waals surface area (Å²) in [6.07, 6.45) is 0. The van der Waals surface area contributed by atoms with E-state index < -0.39 is 4.92 Å². The number of nitro benzene ring substituents is 1. The number of carbonyl (C=O) groups excluding carboxylic acids is 1. The smallest absolute Gasteiger partial charge is 0.293 e. The van der Waals surface area contributed by atoms with Crippen molar-refractivity contribution in [3.8, 4) is 0 Å². The number of tetrazole rings is 1. The predicted octanol–water partition coefficient (Wildman–Crippen LogP) is 2.20. The molecule has 0 unspecified atom stereocenters. The number of nitrogens with one attached hydrogen (secondary N) is 1. The highest BCUT2D eigenvalue weighted by Gasteiger charge is 2.18. The summed E-state index contributed by atoms with van der Waals surface area (Å²) in [5, 5.41) is 25.4. The molecule has 122 valence electrons. The highest BCUT2D eigenvalue weighted by molar-refractivity contribution is 7.99. The van der Waals surface area contributed by atoms with Gasteiger partial charge in [-0.1, -0.05) is 23.9 Å². The van der Waals surface area contributed by atoms with Crippen molar-refractivity contribution in [2.24, 2.45) is 0 Å². The molecule has 0 bridgehead atoms. The molecule has 0 saturated carbocycles. The molecule has 0 aliphatic carbocycles. The van der Waals surface area contributed by atoms with Gasteiger partial charge in [0.15, 0.2) is 0 Å². The third-order valence-electron chi connectivity index (χ3n) is 3.00. The number of benzene rings is 1. The van der Waals surface area contributed by atoms with Crippen LogP contribution in [0.2, 0.25) is 0 Å². The van der Waals surface area contributed by atoms with E-state index in [1.807, 2.05) is 13.8 Å². The molecule has 0 fully saturated rings. The maximum atomic E-state index is 12.1. The number of rotatable bonds is 6. The number of nitrogens with zero attached hydrogens (tertiary/aromatic N) is 5. The molecule has 1 amide bonds. The number of aryl methyl sites for hydroxylation is 1. The van der Waals surface area contributed by atoms with Crippen molar-refractivity contribution in [3.63, 3.8) is 0 Å². The van der Waals surface area contributed by atoms with Crippen LogP contribution in [0.4, 0.5) is 11.4 Å². The van der Waals surface area contributed by atoms with E-state index in [1.54, 1.807) is 23.7 Å². The Morgan fingerprint density at radius 3 is 2.87 bits per heavy atom. The van der Waals surface area contributed by atoms with E-state index in [0.29, 0.717) is 10.7 Å². The highest BCUT2D eigenvalue weighted by Crippen LogP contribution is 2.28. The maximum absolute atomic E-state index is 12.1. The summed E-state index contributed by atoms with van der Waals surface area (Å²) in [5.74, 6) is -0.302. The van der Waals surface area contributed by atoms with Crippen LogP contribution < -0.4 is 5.32 Å². The fourth-order valence-electron chi connectivity index (χ4n) is 1.88. The van der Waals surface area contributed by atoms with Gasteiger partial charge in [0.05, 0.1) is 16.7 Å². The Morgan fingerprint density at radius 1 is 1.48 bits per heavy atom. The summed E-state index contributed by atoms with van der Waals surface area (Å²) in [6, 6.07) is 4.71. The number of hydrogen-bond acceptors (Lipinski definition) is 7. The Balaban J connectivity index is 2.06. The first-order valence-corrected chi connectivity index (χ1v) is 7.83. The van der Waals surface area contributed by atoms with Crippen LogP contribution in [-0.4, -0.2) is 36.8 Å². The van der Waals surface area contributed by atoms with Crippen LogP contribution in [0.15, 0.2) is 23.4 Å². The Hall–Kier alpha value is -2.49. The van der Waals surface area contributed by atoms with Crippen LogP contribution >= 0.6 is 11.8 Å². The van der Waals surface area contributed by atoms with Gasteiger partial charge in [-0.25, -0.2) is 4.68 Å². The molecule has 0 saturated heterocycles. The number of aromatic nitrogens is 4. The molecular weight excluding hydrogens is 320 g/mol. The van der Waals surface area contributed by atoms with Gasteiger partial charge in [0.25, 0.3) is 5.69 Å². The number of para-hydroxylation sites is 1. The highest BCUT2D eigenvalue weighted by atomic mass is 32.2. The van der Waals surface area contributed by atoms with Crippen LogP contribution in [0.25, 0.3) is 0 Å². The molecule has 2 aromatic rings. The number of nitro groups is 1. The van der Waals surface area contributed by atoms with Gasteiger partial charge in [-0.3, -0.25) is 14.9 Å². The number of anilines is 1. The molecule has 0 aliphatic heterocycles. The van der Waals surface area contributed by atoms with Crippen molar-refractivity contribution in [1.82, 2.24) is 20.2 Å². The van der Waals surface area contributed by atoms with Crippen LogP contribution in [-0.2, 0) is 4.79 Å². The average Bonchev–Trinajstić information content (AvgIpc) is 2.95. The molecule has 1 aromatic carbocycles. The number of hydrogen-bond donors (Lipinski definition) is 1. The molecule has 2 rings (SSSR count). The molecule has 0 atom stereocenters. The molecule has 0 aliphatic rings. The Labute approximate surface area is 136 Å². The lowest BCUT2D eigenvalue weighted by Gasteiger charge is -2.09. The third kappa shape index (κ3) is 4.03. The van der Waals surface area contributed by atoms with Gasteiger partial charge >= 0.3 is 0 Å². The molecule has 1 aromatic heterocycles. The number of amides is 1. The third-order valence-corrected chi connectivity index (χ3v) is 3.93. The fourth-order valence-corrected chi connectivity index (χ4v) is 2.68. The minimum absolute atomic E-state index is 0.0541. The van der Waals surface area contributed by atoms with Gasteiger partial charge in [0, 0.05) is 6.07 Å². The summed E-state index contributed by atoms with van der Waals surface area (Å²) in [6.45, 7) is 5.56. The average molecular weight is 336 g/mol. The quantitative estimate of drug-likeness (QED) is 0.488. The van der Waals surface area contributed by atoms with Gasteiger partial charge in [-0.15, -0.1) is 5.10 Å². The van der Waals surface area contributed by atoms with Crippen molar-refractivity contribution in [2.75, 3.05) is 11.1 Å². The van der Waals surface area contributed by atoms with Crippen molar-refractivity contribution < 1.29 is 9.72 Å². The van der Waals surface area contributed by atoms with E-state index in [0.717, 1.165) is 0 Å². The van der Waals surface area contributed by atoms with Crippen molar-refractivity contribution in [3.05, 3.63) is 33.9 Å². The zero-order valence-electron chi connectivity index (χ0n) is 12.9. The minimum Gasteiger partial charge on any atom is -0.319 e. The second-order valence-corrected chi connectivity index (χ2v) is 6.01. The summed E-state index contributed by atoms with van der Waals surface area (Å²) >= 11 is 1.17. The molecule has 0 spiro atoms. The van der Waals surface area contributed by atoms with Crippen LogP contribution in [0.3, 0.4) is 0 Å². The van der Waals surface area contributed by atoms with E-state index >= 15 is 0 Å². The molecule has 9 nitrogen and oxygen atoms in total. The SMILES string of the molecule is Cc1cccc([N+](=O)[O-])c1NC(=O)CSc1nnnn1C(C)C. The van der Waals surface area contributed by atoms with E-state index in [9.17, 15) is 14.9 Å². The lowest BCUT2D eigenvalue weighted by molar-refractivity contribution is -0.384. The maximum Gasteiger partial charge on any atom is 0.293 e. The Morgan fingerprint density at radius 2 is 2.22 bits per heavy atom. The van der Waals surface area contributed by atoms with Crippen molar-refractivity contribution in [2.45, 2.75) is 32.0 Å². The lowest BCUT2D eigenvalue weighted by Crippen LogP contribution is -2.16. The molecule has 1 N–H and O–H groups in total. The Kier molecular flexibility index (Phi) is 5.27. The largest absolute Gasteiger partial charge is 0.319 e. The minimum atomic E-state index is -0.519. The van der Waals surface area contributed by atoms with Gasteiger partial charge in [-0.2, -0.15) is 0 Å². The predicted molar refractivity (Wildman–Crippen MR) is 85.4 cm³/mol. The van der Waals surface area contributed by atoms with Gasteiger partial charge in [0.2, 0.25) is 11.1 Å². The van der Waals surface area contributed by atoms with Gasteiger partial charge in [-0.05, 0) is 36.8 Å². The number of thioether (sulfide) groups is 1. The molecule has 10 heteroatoms. The van der Waals surface area contributed by atoms with E-state index in [1.165, 1.54) is 17.8 Å². The van der Waals surface area contributed by atoms with Gasteiger partial charge in [0.1, 0.15) is 5.69 Å². The topological polar surface area (TPSA) is 116 Å². The standard InChI is InChI=1S/C13H16N6O3S/c1-8(2)18-13(15-16-17-18)23-7-11(20)14-12-9(3)5-4-6-10(12)19(21)22/h4-6,8H,7H2,1-3H3,(H,14,20). The van der Waals surface area contributed by atoms with E-state index in [4.69, 9.17) is 0 Å². The zero-order valence-corrected chi connectivity index (χ0v) is 13.7. The first-order chi connectivity index (χ1) is 10.9. The zero-order chi connectivity index (χ0) is 17.0. The van der Waals surface area contributed by atoms with Crippen LogP contribution in [0.1, 0.15) is 25.5 Å². The lowest BCUT2D eigenvalue weighted by atomic mass is 10.1. The summed E-state index contributed by atoms with van der Waals surface area (Å²) < 4.78 is 1.61. The second-order valence-electron chi connectivity index (χ2n) is 5.06. The summed E-state index contributed by atoms with van der Waals surface area (Å²) in [7, 11) is 0. The second kappa shape index (κ2) is 7.18. The van der Waals surface area contributed by atoms with Crippen LogP contribution in [0, 0.1) is 17.0 Å². The fraction of sp³-hybridized carbons (Fsp3) is 0.385. The number of carbonyl (C=O) groups is 1. The normalized spacial score (nSPS) is 10.8. The summed E-state index contributed by atoms with van der Waals surface area (Å²) in [4.78, 5) is 22.6. The molecule has 0 radical (unpaired) electrons. The van der Waals surface area contributed by atoms with E-state index in [2.05, 4.69) is 20.8 Å². The van der Waals surface area contributed by atoms with Crippen LogP contribution in [0.5, 0.6) is 0 Å². The molecule has 23 heavy (non-hydrogen) atoms. The Bertz CT molecular complexity index is 730. The van der Waals surface area contributed by atoms with E-state index in [-0.39, 0.29) is 29.1 Å². The molecular formula is C13H16N6O3S. The van der Waals surface area contributed by atoms with Gasteiger partial charge < -0.3 is 5.32 Å². The summed E-state index contributed by atoms with van der Waals surface area (Å²) in [5.41, 5.74) is 0.714. The van der Waals surface area contributed by atoms with Crippen molar-refractivity contribution in [1.29, 1.82) is 0 Å². The first kappa shape index (κ1) is 16.9.